The maximum atomic E-state index is 2.58. The molecule has 2 atom stereocenters. The molecule has 2 unspecified atom stereocenters. The standard InChI is InChI=1S/C59H43NS2/c1-36-33-38(34-50-56(36)43-16-4-7-18-45(43)59(50)48-21-10-8-19-46(48)58(2,3)47-20-9-11-22-49(47)59)37-27-29-39(30-28-37)60(40-31-32-42-41-15-5-12-24-52(41)62-55(42)35-40)51-23-14-26-54-57(51)44-17-6-13-25-53(44)61-54/h4-36,56H,1-3H3. The summed E-state index contributed by atoms with van der Waals surface area (Å²) < 4.78 is 5.24. The Kier molecular flexibility index (Phi) is 7.72. The van der Waals surface area contributed by atoms with E-state index in [1.54, 1.807) is 0 Å². The number of anilines is 3. The van der Waals surface area contributed by atoms with E-state index >= 15 is 0 Å². The fraction of sp³-hybridized carbons (Fsp3) is 0.119. The highest BCUT2D eigenvalue weighted by Crippen LogP contribution is 2.65. The van der Waals surface area contributed by atoms with Crippen LogP contribution in [0.4, 0.5) is 17.1 Å². The Morgan fingerprint density at radius 3 is 1.79 bits per heavy atom. The third kappa shape index (κ3) is 4.89. The van der Waals surface area contributed by atoms with Crippen molar-refractivity contribution in [1.29, 1.82) is 0 Å². The number of hydrogen-bond acceptors (Lipinski definition) is 3. The zero-order valence-corrected chi connectivity index (χ0v) is 36.5. The summed E-state index contributed by atoms with van der Waals surface area (Å²) in [5.41, 5.74) is 15.7. The van der Waals surface area contributed by atoms with Crippen LogP contribution >= 0.6 is 22.7 Å². The molecule has 0 saturated heterocycles. The Labute approximate surface area is 370 Å². The van der Waals surface area contributed by atoms with Crippen molar-refractivity contribution >= 4 is 85.7 Å². The van der Waals surface area contributed by atoms with Crippen molar-refractivity contribution < 1.29 is 0 Å². The number of fused-ring (bicyclic) bond motifs is 15. The van der Waals surface area contributed by atoms with Crippen LogP contribution in [0.1, 0.15) is 65.6 Å². The Morgan fingerprint density at radius 2 is 1.05 bits per heavy atom. The van der Waals surface area contributed by atoms with Gasteiger partial charge >= 0.3 is 0 Å². The maximum Gasteiger partial charge on any atom is 0.0679 e. The maximum absolute atomic E-state index is 2.58. The zero-order chi connectivity index (χ0) is 41.3. The quantitative estimate of drug-likeness (QED) is 0.171. The minimum Gasteiger partial charge on any atom is -0.310 e. The molecule has 1 nitrogen and oxygen atoms in total. The molecular formula is C59H43NS2. The number of nitrogens with zero attached hydrogens (tertiary/aromatic N) is 1. The Morgan fingerprint density at radius 1 is 0.484 bits per heavy atom. The summed E-state index contributed by atoms with van der Waals surface area (Å²) in [5, 5.41) is 5.24. The molecule has 13 rings (SSSR count). The van der Waals surface area contributed by atoms with Gasteiger partial charge in [-0.3, -0.25) is 0 Å². The molecule has 0 aliphatic heterocycles. The summed E-state index contributed by atoms with van der Waals surface area (Å²) in [6.45, 7) is 7.25. The second kappa shape index (κ2) is 13.2. The first-order valence-electron chi connectivity index (χ1n) is 21.9. The van der Waals surface area contributed by atoms with E-state index in [0.29, 0.717) is 5.92 Å². The molecule has 296 valence electrons. The monoisotopic (exact) mass is 829 g/mol. The van der Waals surface area contributed by atoms with Gasteiger partial charge in [0.15, 0.2) is 0 Å². The van der Waals surface area contributed by atoms with Gasteiger partial charge in [0.1, 0.15) is 0 Å². The summed E-state index contributed by atoms with van der Waals surface area (Å²) in [6, 6.07) is 68.8. The summed E-state index contributed by atoms with van der Waals surface area (Å²) >= 11 is 3.75. The van der Waals surface area contributed by atoms with Crippen LogP contribution < -0.4 is 4.90 Å². The molecule has 0 fully saturated rings. The van der Waals surface area contributed by atoms with Gasteiger partial charge in [0, 0.05) is 63.1 Å². The van der Waals surface area contributed by atoms with Crippen LogP contribution in [0, 0.1) is 5.92 Å². The average Bonchev–Trinajstić information content (AvgIpc) is 3.97. The van der Waals surface area contributed by atoms with Gasteiger partial charge in [-0.25, -0.2) is 0 Å². The van der Waals surface area contributed by atoms with Crippen LogP contribution in [0.2, 0.25) is 0 Å². The summed E-state index contributed by atoms with van der Waals surface area (Å²) in [5.74, 6) is 0.602. The Bertz CT molecular complexity index is 3490. The molecule has 3 aliphatic rings. The molecule has 0 bridgehead atoms. The van der Waals surface area contributed by atoms with Gasteiger partial charge in [-0.05, 0) is 105 Å². The normalized spacial score (nSPS) is 18.0. The van der Waals surface area contributed by atoms with E-state index in [2.05, 4.69) is 220 Å². The van der Waals surface area contributed by atoms with Crippen molar-refractivity contribution in [2.75, 3.05) is 4.90 Å². The molecule has 2 heterocycles. The Balaban J connectivity index is 0.987. The number of hydrogen-bond donors (Lipinski definition) is 0. The number of allylic oxidation sites excluding steroid dienone is 4. The summed E-state index contributed by atoms with van der Waals surface area (Å²) in [7, 11) is 0. The lowest BCUT2D eigenvalue weighted by molar-refractivity contribution is 0.534. The van der Waals surface area contributed by atoms with Crippen LogP contribution in [-0.2, 0) is 10.8 Å². The van der Waals surface area contributed by atoms with Gasteiger partial charge in [-0.15, -0.1) is 22.7 Å². The van der Waals surface area contributed by atoms with Crippen molar-refractivity contribution in [3.8, 4) is 0 Å². The van der Waals surface area contributed by atoms with Gasteiger partial charge in [-0.1, -0.05) is 166 Å². The van der Waals surface area contributed by atoms with E-state index < -0.39 is 0 Å². The largest absolute Gasteiger partial charge is 0.310 e. The molecule has 2 aromatic heterocycles. The zero-order valence-electron chi connectivity index (χ0n) is 34.9. The van der Waals surface area contributed by atoms with Crippen molar-refractivity contribution in [1.82, 2.24) is 0 Å². The molecule has 3 aliphatic carbocycles. The SMILES string of the molecule is CC1C=C(c2ccc(N(c3ccc4c(c3)sc3ccccc34)c3cccc4sc5ccccc5c34)cc2)C=C2C1c1ccccc1C21c2ccccc2C(C)(C)c2ccccc21. The third-order valence-corrected chi connectivity index (χ3v) is 16.7. The van der Waals surface area contributed by atoms with Crippen LogP contribution in [0.25, 0.3) is 45.9 Å². The third-order valence-electron chi connectivity index (χ3n) is 14.5. The molecular weight excluding hydrogens is 787 g/mol. The van der Waals surface area contributed by atoms with E-state index in [1.807, 2.05) is 22.7 Å². The number of rotatable bonds is 4. The molecule has 0 radical (unpaired) electrons. The smallest absolute Gasteiger partial charge is 0.0679 e. The fourth-order valence-electron chi connectivity index (χ4n) is 11.8. The van der Waals surface area contributed by atoms with E-state index in [1.165, 1.54) is 102 Å². The van der Waals surface area contributed by atoms with Gasteiger partial charge in [0.25, 0.3) is 0 Å². The fourth-order valence-corrected chi connectivity index (χ4v) is 14.1. The van der Waals surface area contributed by atoms with E-state index in [0.717, 1.165) is 5.69 Å². The molecule has 62 heavy (non-hydrogen) atoms. The van der Waals surface area contributed by atoms with E-state index in [9.17, 15) is 0 Å². The Hall–Kier alpha value is -6.52. The van der Waals surface area contributed by atoms with Crippen LogP contribution in [0.5, 0.6) is 0 Å². The highest BCUT2D eigenvalue weighted by molar-refractivity contribution is 7.26. The molecule has 8 aromatic carbocycles. The second-order valence-electron chi connectivity index (χ2n) is 18.0. The molecule has 0 amide bonds. The first kappa shape index (κ1) is 36.2. The van der Waals surface area contributed by atoms with Crippen molar-refractivity contribution in [3.05, 3.63) is 239 Å². The van der Waals surface area contributed by atoms with Crippen molar-refractivity contribution in [2.24, 2.45) is 5.92 Å². The molecule has 0 N–H and O–H groups in total. The lowest BCUT2D eigenvalue weighted by atomic mass is 9.54. The first-order chi connectivity index (χ1) is 30.4. The lowest BCUT2D eigenvalue weighted by Gasteiger charge is -2.48. The predicted octanol–water partition coefficient (Wildman–Crippen LogP) is 16.6. The van der Waals surface area contributed by atoms with Crippen molar-refractivity contribution in [3.63, 3.8) is 0 Å². The molecule has 0 saturated carbocycles. The average molecular weight is 830 g/mol. The van der Waals surface area contributed by atoms with Crippen LogP contribution in [0.3, 0.4) is 0 Å². The molecule has 3 heteroatoms. The molecule has 1 spiro atoms. The summed E-state index contributed by atoms with van der Waals surface area (Å²) in [6.07, 6.45) is 5.12. The second-order valence-corrected chi connectivity index (χ2v) is 20.2. The van der Waals surface area contributed by atoms with Crippen LogP contribution in [-0.4, -0.2) is 0 Å². The van der Waals surface area contributed by atoms with E-state index in [-0.39, 0.29) is 16.7 Å². The van der Waals surface area contributed by atoms with Crippen molar-refractivity contribution in [2.45, 2.75) is 37.5 Å². The van der Waals surface area contributed by atoms with Gasteiger partial charge in [0.2, 0.25) is 0 Å². The first-order valence-corrected chi connectivity index (χ1v) is 23.5. The van der Waals surface area contributed by atoms with Gasteiger partial charge in [0.05, 0.1) is 11.1 Å². The number of thiophene rings is 2. The molecule has 10 aromatic rings. The lowest BCUT2D eigenvalue weighted by Crippen LogP contribution is -2.41. The number of benzene rings is 8. The van der Waals surface area contributed by atoms with Gasteiger partial charge in [-0.2, -0.15) is 0 Å². The van der Waals surface area contributed by atoms with Crippen LogP contribution in [0.15, 0.2) is 200 Å². The predicted molar refractivity (Wildman–Crippen MR) is 266 cm³/mol. The van der Waals surface area contributed by atoms with E-state index in [4.69, 9.17) is 0 Å². The minimum atomic E-state index is -0.373. The summed E-state index contributed by atoms with van der Waals surface area (Å²) in [4.78, 5) is 2.49. The minimum absolute atomic E-state index is 0.117. The highest BCUT2D eigenvalue weighted by atomic mass is 32.1. The highest BCUT2D eigenvalue weighted by Gasteiger charge is 2.57. The van der Waals surface area contributed by atoms with Gasteiger partial charge < -0.3 is 4.90 Å². The topological polar surface area (TPSA) is 3.24 Å².